The fraction of sp³-hybridized carbons (Fsp3) is 0.833. The average molecular weight is 260 g/mol. The van der Waals surface area contributed by atoms with E-state index in [1.54, 1.807) is 0 Å². The number of halogens is 1. The summed E-state index contributed by atoms with van der Waals surface area (Å²) >= 11 is 2.35. The molecular weight excluding hydrogens is 249 g/mol. The summed E-state index contributed by atoms with van der Waals surface area (Å²) in [5.41, 5.74) is -0.0741. The molecule has 0 fully saturated rings. The standard InChI is InChI=1S/C6H11O2.BrH.Zn/c1-6(2,3)4-5(7)8;;/h4H,1-3H3,(H,7,8);1H;/q;;+1/p-1. The van der Waals surface area contributed by atoms with Gasteiger partial charge in [-0.25, -0.2) is 0 Å². The second-order valence-electron chi connectivity index (χ2n) is 3.41. The summed E-state index contributed by atoms with van der Waals surface area (Å²) in [6, 6.07) is 0. The van der Waals surface area contributed by atoms with E-state index >= 15 is 0 Å². The molecule has 1 unspecified atom stereocenters. The summed E-state index contributed by atoms with van der Waals surface area (Å²) in [6.45, 7) is 5.91. The van der Waals surface area contributed by atoms with Crippen molar-refractivity contribution in [2.45, 2.75) is 25.3 Å². The fourth-order valence-electron chi connectivity index (χ4n) is 0.668. The average Bonchev–Trinajstić information content (AvgIpc) is 1.60. The van der Waals surface area contributed by atoms with E-state index in [0.717, 1.165) is 0 Å². The summed E-state index contributed by atoms with van der Waals surface area (Å²) in [7, 11) is 0. The molecule has 0 heterocycles. The van der Waals surface area contributed by atoms with Gasteiger partial charge in [0.1, 0.15) is 0 Å². The third kappa shape index (κ3) is 3.11. The molecule has 4 heteroatoms. The fourth-order valence-corrected chi connectivity index (χ4v) is 8.40. The number of carbonyl (C=O) groups is 1. The van der Waals surface area contributed by atoms with Crippen LogP contribution in [0.15, 0.2) is 0 Å². The Morgan fingerprint density at radius 3 is 2.00 bits per heavy atom. The molecule has 10 heavy (non-hydrogen) atoms. The van der Waals surface area contributed by atoms with Crippen LogP contribution >= 0.6 is 13.6 Å². The van der Waals surface area contributed by atoms with Gasteiger partial charge in [-0.05, 0) is 0 Å². The minimum atomic E-state index is -1.01. The van der Waals surface area contributed by atoms with E-state index in [2.05, 4.69) is 13.6 Å². The number of hydrogen-bond donors (Lipinski definition) is 1. The van der Waals surface area contributed by atoms with Gasteiger partial charge in [0.05, 0.1) is 0 Å². The van der Waals surface area contributed by atoms with Crippen LogP contribution in [-0.2, 0) is 20.0 Å². The molecule has 0 aliphatic rings. The maximum absolute atomic E-state index is 10.6. The maximum atomic E-state index is 10.6. The van der Waals surface area contributed by atoms with Gasteiger partial charge in [0.25, 0.3) is 0 Å². The van der Waals surface area contributed by atoms with Crippen molar-refractivity contribution in [3.05, 3.63) is 0 Å². The van der Waals surface area contributed by atoms with Crippen LogP contribution in [-0.4, -0.2) is 11.1 Å². The van der Waals surface area contributed by atoms with Crippen LogP contribution in [0.2, 0.25) is 4.51 Å². The summed E-state index contributed by atoms with van der Waals surface area (Å²) < 4.78 is -0.111. The third-order valence-corrected chi connectivity index (χ3v) is 8.81. The van der Waals surface area contributed by atoms with Crippen molar-refractivity contribution in [1.82, 2.24) is 0 Å². The summed E-state index contributed by atoms with van der Waals surface area (Å²) in [5.74, 6) is -0.649. The van der Waals surface area contributed by atoms with Crippen molar-refractivity contribution in [3.63, 3.8) is 0 Å². The zero-order valence-corrected chi connectivity index (χ0v) is 11.1. The Bertz CT molecular complexity index is 130. The molecule has 0 aliphatic carbocycles. The first-order valence-corrected chi connectivity index (χ1v) is 11.8. The molecular formula is C6H11BrO2Zn. The van der Waals surface area contributed by atoms with E-state index in [9.17, 15) is 4.79 Å². The normalized spacial score (nSPS) is 14.0. The van der Waals surface area contributed by atoms with Crippen LogP contribution in [0.3, 0.4) is 0 Å². The number of carboxylic acids is 1. The van der Waals surface area contributed by atoms with E-state index < -0.39 is 21.1 Å². The number of hydrogen-bond acceptors (Lipinski definition) is 1. The molecule has 0 spiro atoms. The van der Waals surface area contributed by atoms with Crippen LogP contribution in [0, 0.1) is 5.41 Å². The van der Waals surface area contributed by atoms with Gasteiger partial charge in [-0.1, -0.05) is 0 Å². The molecule has 0 aromatic heterocycles. The van der Waals surface area contributed by atoms with Gasteiger partial charge < -0.3 is 0 Å². The molecule has 1 atom stereocenters. The van der Waals surface area contributed by atoms with Crippen molar-refractivity contribution in [3.8, 4) is 0 Å². The monoisotopic (exact) mass is 258 g/mol. The summed E-state index contributed by atoms with van der Waals surface area (Å²) in [5, 5.41) is 8.73. The molecule has 0 aromatic carbocycles. The van der Waals surface area contributed by atoms with E-state index in [1.165, 1.54) is 0 Å². The second-order valence-corrected chi connectivity index (χ2v) is 9.14. The third-order valence-electron chi connectivity index (χ3n) is 1.50. The Kier molecular flexibility index (Phi) is 4.04. The van der Waals surface area contributed by atoms with Gasteiger partial charge in [-0.15, -0.1) is 0 Å². The van der Waals surface area contributed by atoms with E-state index in [1.807, 2.05) is 20.8 Å². The predicted octanol–water partition coefficient (Wildman–Crippen LogP) is 2.30. The molecule has 1 N–H and O–H groups in total. The molecule has 0 saturated heterocycles. The summed E-state index contributed by atoms with van der Waals surface area (Å²) in [6.07, 6.45) is 0. The molecule has 0 aromatic rings. The van der Waals surface area contributed by atoms with Gasteiger partial charge >= 0.3 is 75.4 Å². The van der Waals surface area contributed by atoms with Crippen LogP contribution in [0.1, 0.15) is 20.8 Å². The van der Waals surface area contributed by atoms with Crippen LogP contribution < -0.4 is 0 Å². The number of carboxylic acid groups (broad SMARTS) is 1. The molecule has 0 bridgehead atoms. The first-order chi connectivity index (χ1) is 4.39. The molecule has 0 radical (unpaired) electrons. The molecule has 0 rings (SSSR count). The topological polar surface area (TPSA) is 37.3 Å². The van der Waals surface area contributed by atoms with Crippen molar-refractivity contribution in [1.29, 1.82) is 0 Å². The Morgan fingerprint density at radius 2 is 2.00 bits per heavy atom. The molecule has 56 valence electrons. The predicted molar refractivity (Wildman–Crippen MR) is 39.8 cm³/mol. The van der Waals surface area contributed by atoms with E-state index in [0.29, 0.717) is 0 Å². The van der Waals surface area contributed by atoms with Crippen LogP contribution in [0.25, 0.3) is 0 Å². The zero-order chi connectivity index (χ0) is 8.36. The first kappa shape index (κ1) is 10.6. The van der Waals surface area contributed by atoms with Crippen LogP contribution in [0.5, 0.6) is 0 Å². The second kappa shape index (κ2) is 3.82. The summed E-state index contributed by atoms with van der Waals surface area (Å²) in [4.78, 5) is 10.6. The van der Waals surface area contributed by atoms with Gasteiger partial charge in [-0.3, -0.25) is 0 Å². The minimum absolute atomic E-state index is 0.0741. The number of aliphatic carboxylic acids is 1. The molecule has 0 amide bonds. The molecule has 0 aliphatic heterocycles. The molecule has 2 nitrogen and oxygen atoms in total. The van der Waals surface area contributed by atoms with E-state index in [-0.39, 0.29) is 9.93 Å². The first-order valence-electron chi connectivity index (χ1n) is 3.18. The van der Waals surface area contributed by atoms with Crippen molar-refractivity contribution >= 4 is 19.6 Å². The van der Waals surface area contributed by atoms with Crippen LogP contribution in [0.4, 0.5) is 0 Å². The Hall–Kier alpha value is 0.573. The van der Waals surface area contributed by atoms with Gasteiger partial charge in [0.2, 0.25) is 0 Å². The Morgan fingerprint density at radius 1 is 1.60 bits per heavy atom. The Labute approximate surface area is 75.3 Å². The number of rotatable bonds is 2. The molecule has 0 saturated carbocycles. The van der Waals surface area contributed by atoms with Gasteiger partial charge in [0.15, 0.2) is 0 Å². The zero-order valence-electron chi connectivity index (χ0n) is 6.52. The van der Waals surface area contributed by atoms with Crippen molar-refractivity contribution < 1.29 is 25.1 Å². The quantitative estimate of drug-likeness (QED) is 0.774. The van der Waals surface area contributed by atoms with Crippen molar-refractivity contribution in [2.24, 2.45) is 5.41 Å². The SMILES string of the molecule is CC(C)(C)[CH]([Zn][Br])C(=O)O. The van der Waals surface area contributed by atoms with E-state index in [4.69, 9.17) is 5.11 Å². The van der Waals surface area contributed by atoms with Crippen molar-refractivity contribution in [2.75, 3.05) is 0 Å². The van der Waals surface area contributed by atoms with Gasteiger partial charge in [0, 0.05) is 0 Å². The van der Waals surface area contributed by atoms with Gasteiger partial charge in [-0.2, -0.15) is 0 Å². The Balaban J connectivity index is 4.22.